The normalized spacial score (nSPS) is 10.4. The highest BCUT2D eigenvalue weighted by molar-refractivity contribution is 5.86. The fourth-order valence-electron chi connectivity index (χ4n) is 2.08. The zero-order valence-electron chi connectivity index (χ0n) is 11.4. The molecule has 0 bridgehead atoms. The Morgan fingerprint density at radius 1 is 1.35 bits per heavy atom. The summed E-state index contributed by atoms with van der Waals surface area (Å²) < 4.78 is 5.07. The minimum Gasteiger partial charge on any atom is -0.395 e. The van der Waals surface area contributed by atoms with Gasteiger partial charge in [0.2, 0.25) is 0 Å². The number of aliphatic hydroxyl groups is 1. The molecule has 0 aliphatic heterocycles. The van der Waals surface area contributed by atoms with Gasteiger partial charge in [-0.25, -0.2) is 4.98 Å². The number of benzene rings is 1. The molecule has 5 heteroatoms. The van der Waals surface area contributed by atoms with Gasteiger partial charge in [-0.15, -0.1) is 0 Å². The van der Waals surface area contributed by atoms with Crippen LogP contribution in [-0.4, -0.2) is 43.5 Å². The lowest BCUT2D eigenvalue weighted by atomic mass is 10.1. The number of nitriles is 1. The molecule has 0 unspecified atom stereocenters. The molecule has 0 atom stereocenters. The van der Waals surface area contributed by atoms with Crippen LogP contribution in [0.5, 0.6) is 0 Å². The quantitative estimate of drug-likeness (QED) is 0.863. The van der Waals surface area contributed by atoms with E-state index < -0.39 is 0 Å². The van der Waals surface area contributed by atoms with Crippen LogP contribution < -0.4 is 4.90 Å². The molecule has 2 rings (SSSR count). The number of anilines is 1. The molecular formula is C15H17N3O2. The number of rotatable bonds is 6. The molecule has 0 aliphatic carbocycles. The fraction of sp³-hybridized carbons (Fsp3) is 0.333. The third-order valence-corrected chi connectivity index (χ3v) is 3.08. The summed E-state index contributed by atoms with van der Waals surface area (Å²) in [5.74, 6) is 0.686. The number of hydrogen-bond donors (Lipinski definition) is 1. The summed E-state index contributed by atoms with van der Waals surface area (Å²) in [6.45, 7) is 1.64. The summed E-state index contributed by atoms with van der Waals surface area (Å²) in [7, 11) is 1.63. The van der Waals surface area contributed by atoms with Crippen LogP contribution >= 0.6 is 0 Å². The lowest BCUT2D eigenvalue weighted by Gasteiger charge is -2.23. The molecule has 1 aromatic carbocycles. The van der Waals surface area contributed by atoms with E-state index in [1.165, 1.54) is 0 Å². The molecule has 5 nitrogen and oxygen atoms in total. The maximum Gasteiger partial charge on any atom is 0.130 e. The van der Waals surface area contributed by atoms with E-state index in [0.717, 1.165) is 10.9 Å². The van der Waals surface area contributed by atoms with Gasteiger partial charge in [-0.05, 0) is 12.1 Å². The Kier molecular flexibility index (Phi) is 4.88. The zero-order valence-corrected chi connectivity index (χ0v) is 11.4. The van der Waals surface area contributed by atoms with Crippen molar-refractivity contribution in [1.82, 2.24) is 4.98 Å². The average molecular weight is 271 g/mol. The van der Waals surface area contributed by atoms with E-state index in [4.69, 9.17) is 9.84 Å². The first-order valence-corrected chi connectivity index (χ1v) is 6.44. The second kappa shape index (κ2) is 6.85. The summed E-state index contributed by atoms with van der Waals surface area (Å²) >= 11 is 0. The number of hydrogen-bond acceptors (Lipinski definition) is 5. The zero-order chi connectivity index (χ0) is 14.4. The van der Waals surface area contributed by atoms with Crippen LogP contribution in [0.2, 0.25) is 0 Å². The first-order chi connectivity index (χ1) is 9.80. The van der Waals surface area contributed by atoms with Gasteiger partial charge in [0.05, 0.1) is 30.4 Å². The Morgan fingerprint density at radius 2 is 2.15 bits per heavy atom. The standard InChI is InChI=1S/C15H17N3O2/c1-20-9-7-18(6-8-19)15-10-12(11-16)13-4-2-3-5-14(13)17-15/h2-5,10,19H,6-9H2,1H3. The molecule has 0 aliphatic rings. The summed E-state index contributed by atoms with van der Waals surface area (Å²) in [5, 5.41) is 19.3. The highest BCUT2D eigenvalue weighted by atomic mass is 16.5. The summed E-state index contributed by atoms with van der Waals surface area (Å²) in [5.41, 5.74) is 1.37. The van der Waals surface area contributed by atoms with Crippen LogP contribution in [0.25, 0.3) is 10.9 Å². The maximum atomic E-state index is 9.28. The van der Waals surface area contributed by atoms with E-state index in [2.05, 4.69) is 11.1 Å². The van der Waals surface area contributed by atoms with Gasteiger partial charge in [0, 0.05) is 25.6 Å². The first kappa shape index (κ1) is 14.3. The van der Waals surface area contributed by atoms with Crippen LogP contribution in [0.4, 0.5) is 5.82 Å². The number of aliphatic hydroxyl groups excluding tert-OH is 1. The SMILES string of the molecule is COCCN(CCO)c1cc(C#N)c2ccccc2n1. The molecule has 0 radical (unpaired) electrons. The lowest BCUT2D eigenvalue weighted by molar-refractivity contribution is 0.202. The summed E-state index contributed by atoms with van der Waals surface area (Å²) in [6.07, 6.45) is 0. The van der Waals surface area contributed by atoms with Crippen molar-refractivity contribution in [2.45, 2.75) is 0 Å². The number of aromatic nitrogens is 1. The Labute approximate surface area is 118 Å². The van der Waals surface area contributed by atoms with E-state index in [1.54, 1.807) is 13.2 Å². The van der Waals surface area contributed by atoms with Crippen molar-refractivity contribution in [1.29, 1.82) is 5.26 Å². The number of para-hydroxylation sites is 1. The van der Waals surface area contributed by atoms with Gasteiger partial charge in [0.25, 0.3) is 0 Å². The van der Waals surface area contributed by atoms with E-state index in [-0.39, 0.29) is 6.61 Å². The Balaban J connectivity index is 2.44. The Bertz CT molecular complexity index is 622. The molecule has 20 heavy (non-hydrogen) atoms. The number of ether oxygens (including phenoxy) is 1. The topological polar surface area (TPSA) is 69.4 Å². The molecule has 104 valence electrons. The fourth-order valence-corrected chi connectivity index (χ4v) is 2.08. The molecule has 0 saturated carbocycles. The second-order valence-electron chi connectivity index (χ2n) is 4.36. The smallest absolute Gasteiger partial charge is 0.130 e. The predicted molar refractivity (Wildman–Crippen MR) is 77.6 cm³/mol. The van der Waals surface area contributed by atoms with E-state index in [9.17, 15) is 5.26 Å². The van der Waals surface area contributed by atoms with Crippen molar-refractivity contribution < 1.29 is 9.84 Å². The van der Waals surface area contributed by atoms with Gasteiger partial charge in [-0.3, -0.25) is 0 Å². The minimum atomic E-state index is 0.0279. The van der Waals surface area contributed by atoms with Crippen LogP contribution in [0.1, 0.15) is 5.56 Å². The van der Waals surface area contributed by atoms with Crippen molar-refractivity contribution in [2.75, 3.05) is 38.3 Å². The highest BCUT2D eigenvalue weighted by Gasteiger charge is 2.11. The second-order valence-corrected chi connectivity index (χ2v) is 4.36. The third kappa shape index (κ3) is 3.05. The molecule has 1 aromatic heterocycles. The van der Waals surface area contributed by atoms with E-state index in [0.29, 0.717) is 31.1 Å². The molecule has 0 fully saturated rings. The van der Waals surface area contributed by atoms with E-state index in [1.807, 2.05) is 29.2 Å². The van der Waals surface area contributed by atoms with Crippen molar-refractivity contribution in [3.63, 3.8) is 0 Å². The van der Waals surface area contributed by atoms with Gasteiger partial charge >= 0.3 is 0 Å². The van der Waals surface area contributed by atoms with Crippen LogP contribution in [0.3, 0.4) is 0 Å². The van der Waals surface area contributed by atoms with Gasteiger partial charge in [0.1, 0.15) is 5.82 Å². The average Bonchev–Trinajstić information content (AvgIpc) is 2.50. The van der Waals surface area contributed by atoms with Gasteiger partial charge < -0.3 is 14.7 Å². The molecule has 0 amide bonds. The largest absolute Gasteiger partial charge is 0.395 e. The lowest BCUT2D eigenvalue weighted by Crippen LogP contribution is -2.31. The molecule has 2 aromatic rings. The molecule has 0 saturated heterocycles. The minimum absolute atomic E-state index is 0.0279. The first-order valence-electron chi connectivity index (χ1n) is 6.44. The van der Waals surface area contributed by atoms with Crippen molar-refractivity contribution >= 4 is 16.7 Å². The van der Waals surface area contributed by atoms with Gasteiger partial charge in [-0.2, -0.15) is 5.26 Å². The summed E-state index contributed by atoms with van der Waals surface area (Å²) in [4.78, 5) is 6.48. The van der Waals surface area contributed by atoms with Gasteiger partial charge in [0.15, 0.2) is 0 Å². The van der Waals surface area contributed by atoms with Gasteiger partial charge in [-0.1, -0.05) is 18.2 Å². The molecule has 1 heterocycles. The van der Waals surface area contributed by atoms with Crippen LogP contribution in [-0.2, 0) is 4.74 Å². The van der Waals surface area contributed by atoms with Crippen molar-refractivity contribution in [3.05, 3.63) is 35.9 Å². The number of fused-ring (bicyclic) bond motifs is 1. The monoisotopic (exact) mass is 271 g/mol. The molecular weight excluding hydrogens is 254 g/mol. The maximum absolute atomic E-state index is 9.28. The Hall–Kier alpha value is -2.16. The predicted octanol–water partition coefficient (Wildman–Crippen LogP) is 1.55. The third-order valence-electron chi connectivity index (χ3n) is 3.08. The number of nitrogens with zero attached hydrogens (tertiary/aromatic N) is 3. The van der Waals surface area contributed by atoms with E-state index >= 15 is 0 Å². The molecule has 0 spiro atoms. The Morgan fingerprint density at radius 3 is 2.85 bits per heavy atom. The van der Waals surface area contributed by atoms with Crippen molar-refractivity contribution in [3.8, 4) is 6.07 Å². The number of pyridine rings is 1. The number of methoxy groups -OCH3 is 1. The molecule has 1 N–H and O–H groups in total. The van der Waals surface area contributed by atoms with Crippen LogP contribution in [0, 0.1) is 11.3 Å². The summed E-state index contributed by atoms with van der Waals surface area (Å²) in [6, 6.07) is 11.5. The van der Waals surface area contributed by atoms with Crippen LogP contribution in [0.15, 0.2) is 30.3 Å². The highest BCUT2D eigenvalue weighted by Crippen LogP contribution is 2.22. The van der Waals surface area contributed by atoms with Crippen molar-refractivity contribution in [2.24, 2.45) is 0 Å².